The highest BCUT2D eigenvalue weighted by Crippen LogP contribution is 2.45. The molecule has 0 aliphatic carbocycles. The Hall–Kier alpha value is -1.33. The van der Waals surface area contributed by atoms with Crippen molar-refractivity contribution in [2.24, 2.45) is 0 Å². The average Bonchev–Trinajstić information content (AvgIpc) is 2.94. The van der Waals surface area contributed by atoms with Crippen molar-refractivity contribution in [2.45, 2.75) is 11.0 Å². The van der Waals surface area contributed by atoms with Gasteiger partial charge in [-0.15, -0.1) is 23.5 Å². The normalized spacial score (nSPS) is 17.0. The van der Waals surface area contributed by atoms with Crippen molar-refractivity contribution in [2.75, 3.05) is 11.5 Å². The van der Waals surface area contributed by atoms with Crippen molar-refractivity contribution in [3.8, 4) is 0 Å². The van der Waals surface area contributed by atoms with Crippen LogP contribution in [-0.2, 0) is 0 Å². The number of hydrogen-bond donors (Lipinski definition) is 1. The molecular weight excluding hydrogens is 290 g/mol. The van der Waals surface area contributed by atoms with E-state index in [2.05, 4.69) is 4.98 Å². The van der Waals surface area contributed by atoms with Gasteiger partial charge in [0.05, 0.1) is 15.5 Å². The number of benzene rings is 1. The summed E-state index contributed by atoms with van der Waals surface area (Å²) >= 11 is 3.82. The molecule has 1 aliphatic rings. The van der Waals surface area contributed by atoms with E-state index in [0.29, 0.717) is 10.2 Å². The van der Waals surface area contributed by atoms with Crippen LogP contribution in [0.3, 0.4) is 0 Å². The van der Waals surface area contributed by atoms with Crippen molar-refractivity contribution >= 4 is 45.4 Å². The number of aromatic amines is 1. The molecule has 4 rings (SSSR count). The smallest absolute Gasteiger partial charge is 0.346 e. The SMILES string of the molecule is O=c1oc2ccccc2c2[nH]cc(C3SCCCS3)c12. The predicted octanol–water partition coefficient (Wildman–Crippen LogP) is 4.14. The maximum atomic E-state index is 12.3. The van der Waals surface area contributed by atoms with Crippen LogP contribution in [0.5, 0.6) is 0 Å². The molecule has 5 heteroatoms. The van der Waals surface area contributed by atoms with Gasteiger partial charge < -0.3 is 9.40 Å². The third kappa shape index (κ3) is 1.88. The molecule has 0 saturated carbocycles. The summed E-state index contributed by atoms with van der Waals surface area (Å²) < 4.78 is 5.81. The lowest BCUT2D eigenvalue weighted by Gasteiger charge is -2.19. The van der Waals surface area contributed by atoms with Crippen molar-refractivity contribution in [3.05, 3.63) is 46.4 Å². The molecule has 0 unspecified atom stereocenters. The highest BCUT2D eigenvalue weighted by Gasteiger charge is 2.23. The lowest BCUT2D eigenvalue weighted by molar-refractivity contribution is 0.569. The molecule has 3 nitrogen and oxygen atoms in total. The molecule has 1 aliphatic heterocycles. The van der Waals surface area contributed by atoms with Gasteiger partial charge >= 0.3 is 5.63 Å². The van der Waals surface area contributed by atoms with Crippen LogP contribution in [0.15, 0.2) is 39.7 Å². The van der Waals surface area contributed by atoms with E-state index in [1.165, 1.54) is 6.42 Å². The van der Waals surface area contributed by atoms with Gasteiger partial charge in [0.2, 0.25) is 0 Å². The van der Waals surface area contributed by atoms with E-state index in [4.69, 9.17) is 4.42 Å². The molecule has 1 fully saturated rings. The predicted molar refractivity (Wildman–Crippen MR) is 86.6 cm³/mol. The molecule has 0 atom stereocenters. The molecule has 0 radical (unpaired) electrons. The Labute approximate surface area is 124 Å². The van der Waals surface area contributed by atoms with E-state index in [9.17, 15) is 4.79 Å². The molecule has 3 heterocycles. The molecule has 0 bridgehead atoms. The number of H-pyrrole nitrogens is 1. The Morgan fingerprint density at radius 3 is 2.85 bits per heavy atom. The number of para-hydroxylation sites is 1. The van der Waals surface area contributed by atoms with Gasteiger partial charge in [-0.25, -0.2) is 4.79 Å². The number of thioether (sulfide) groups is 2. The van der Waals surface area contributed by atoms with Crippen molar-refractivity contribution in [1.29, 1.82) is 0 Å². The van der Waals surface area contributed by atoms with E-state index in [1.807, 2.05) is 54.0 Å². The summed E-state index contributed by atoms with van der Waals surface area (Å²) in [4.78, 5) is 15.6. The Kier molecular flexibility index (Phi) is 3.04. The minimum atomic E-state index is -0.235. The van der Waals surface area contributed by atoms with E-state index in [-0.39, 0.29) is 5.63 Å². The first kappa shape index (κ1) is 12.4. The monoisotopic (exact) mass is 303 g/mol. The summed E-state index contributed by atoms with van der Waals surface area (Å²) in [6.45, 7) is 0. The topological polar surface area (TPSA) is 46.0 Å². The van der Waals surface area contributed by atoms with Crippen molar-refractivity contribution in [3.63, 3.8) is 0 Å². The van der Waals surface area contributed by atoms with Crippen LogP contribution in [0, 0.1) is 0 Å². The van der Waals surface area contributed by atoms with E-state index in [1.54, 1.807) is 0 Å². The van der Waals surface area contributed by atoms with Gasteiger partial charge in [-0.3, -0.25) is 0 Å². The summed E-state index contributed by atoms with van der Waals surface area (Å²) in [6, 6.07) is 7.67. The van der Waals surface area contributed by atoms with E-state index >= 15 is 0 Å². The van der Waals surface area contributed by atoms with E-state index < -0.39 is 0 Å². The molecular formula is C15H13NO2S2. The zero-order chi connectivity index (χ0) is 13.5. The fourth-order valence-corrected chi connectivity index (χ4v) is 5.56. The first-order valence-corrected chi connectivity index (χ1v) is 8.70. The van der Waals surface area contributed by atoms with Crippen molar-refractivity contribution in [1.82, 2.24) is 4.98 Å². The zero-order valence-electron chi connectivity index (χ0n) is 10.7. The quantitative estimate of drug-likeness (QED) is 0.686. The number of aromatic nitrogens is 1. The Morgan fingerprint density at radius 1 is 1.20 bits per heavy atom. The van der Waals surface area contributed by atoms with Gasteiger partial charge in [-0.1, -0.05) is 12.1 Å². The summed E-state index contributed by atoms with van der Waals surface area (Å²) in [5, 5.41) is 1.69. The Morgan fingerprint density at radius 2 is 2.00 bits per heavy atom. The van der Waals surface area contributed by atoms with Crippen molar-refractivity contribution < 1.29 is 4.42 Å². The molecule has 0 amide bonds. The lowest BCUT2D eigenvalue weighted by atomic mass is 10.1. The third-order valence-corrected chi connectivity index (χ3v) is 6.53. The maximum Gasteiger partial charge on any atom is 0.346 e. The second-order valence-electron chi connectivity index (χ2n) is 4.81. The molecule has 1 aromatic carbocycles. The minimum absolute atomic E-state index is 0.235. The first-order chi connectivity index (χ1) is 9.84. The maximum absolute atomic E-state index is 12.3. The first-order valence-electron chi connectivity index (χ1n) is 6.60. The second-order valence-corrected chi connectivity index (χ2v) is 7.53. The third-order valence-electron chi connectivity index (χ3n) is 3.55. The number of nitrogens with one attached hydrogen (secondary N) is 1. The summed E-state index contributed by atoms with van der Waals surface area (Å²) in [5.41, 5.74) is 2.39. The van der Waals surface area contributed by atoms with Gasteiger partial charge in [-0.2, -0.15) is 0 Å². The number of hydrogen-bond acceptors (Lipinski definition) is 4. The standard InChI is InChI=1S/C15H13NO2S2/c17-14-12-10(15-19-6-3-7-20-15)8-16-13(12)9-4-1-2-5-11(9)18-14/h1-2,4-5,8,15-16H,3,6-7H2. The molecule has 3 aromatic rings. The molecule has 102 valence electrons. The highest BCUT2D eigenvalue weighted by molar-refractivity contribution is 8.16. The molecule has 1 saturated heterocycles. The Bertz CT molecular complexity index is 831. The van der Waals surface area contributed by atoms with Crippen LogP contribution in [0.4, 0.5) is 0 Å². The van der Waals surface area contributed by atoms with Crippen LogP contribution in [0.1, 0.15) is 16.6 Å². The average molecular weight is 303 g/mol. The lowest BCUT2D eigenvalue weighted by Crippen LogP contribution is -2.04. The minimum Gasteiger partial charge on any atom is -0.422 e. The summed E-state index contributed by atoms with van der Waals surface area (Å²) in [6.07, 6.45) is 3.22. The summed E-state index contributed by atoms with van der Waals surface area (Å²) in [7, 11) is 0. The Balaban J connectivity index is 2.00. The van der Waals surface area contributed by atoms with Crippen LogP contribution in [-0.4, -0.2) is 16.5 Å². The number of rotatable bonds is 1. The van der Waals surface area contributed by atoms with Gasteiger partial charge in [0.1, 0.15) is 5.58 Å². The zero-order valence-corrected chi connectivity index (χ0v) is 12.4. The molecule has 0 spiro atoms. The highest BCUT2D eigenvalue weighted by atomic mass is 32.2. The molecule has 1 N–H and O–H groups in total. The van der Waals surface area contributed by atoms with Gasteiger partial charge in [0.25, 0.3) is 0 Å². The molecule has 2 aromatic heterocycles. The summed E-state index contributed by atoms with van der Waals surface area (Å²) in [5.74, 6) is 2.31. The van der Waals surface area contributed by atoms with Crippen LogP contribution >= 0.6 is 23.5 Å². The fraction of sp³-hybridized carbons (Fsp3) is 0.267. The van der Waals surface area contributed by atoms with Crippen LogP contribution in [0.2, 0.25) is 0 Å². The van der Waals surface area contributed by atoms with E-state index in [0.717, 1.165) is 33.4 Å². The van der Waals surface area contributed by atoms with Gasteiger partial charge in [0.15, 0.2) is 0 Å². The van der Waals surface area contributed by atoms with Gasteiger partial charge in [0, 0.05) is 17.1 Å². The second kappa shape index (κ2) is 4.90. The fourth-order valence-electron chi connectivity index (χ4n) is 2.64. The van der Waals surface area contributed by atoms with Gasteiger partial charge in [-0.05, 0) is 30.1 Å². The molecule has 20 heavy (non-hydrogen) atoms. The van der Waals surface area contributed by atoms with Crippen LogP contribution < -0.4 is 5.63 Å². The van der Waals surface area contributed by atoms with Crippen LogP contribution in [0.25, 0.3) is 21.9 Å². The largest absolute Gasteiger partial charge is 0.422 e. The number of fused-ring (bicyclic) bond motifs is 3.